The average molecular weight is 299 g/mol. The molecule has 0 spiro atoms. The number of nitrogens with zero attached hydrogens (tertiary/aromatic N) is 1. The molecule has 114 valence electrons. The molecule has 2 aromatic heterocycles. The summed E-state index contributed by atoms with van der Waals surface area (Å²) in [7, 11) is 0. The number of allylic oxidation sites excluding steroid dienone is 4. The molecule has 0 saturated carbocycles. The van der Waals surface area contributed by atoms with Crippen LogP contribution in [0.5, 0.6) is 0 Å². The number of aromatic nitrogens is 1. The maximum Gasteiger partial charge on any atom is 0.0459 e. The summed E-state index contributed by atoms with van der Waals surface area (Å²) in [5.74, 6) is 0. The monoisotopic (exact) mass is 299 g/mol. The lowest BCUT2D eigenvalue weighted by atomic mass is 9.97. The molecule has 0 saturated heterocycles. The quantitative estimate of drug-likeness (QED) is 0.595. The second-order valence-electron chi connectivity index (χ2n) is 6.30. The first-order valence-electron chi connectivity index (χ1n) is 8.33. The fourth-order valence-electron chi connectivity index (χ4n) is 3.32. The van der Waals surface area contributed by atoms with Crippen molar-refractivity contribution in [3.05, 3.63) is 95.3 Å². The smallest absolute Gasteiger partial charge is 0.0459 e. The van der Waals surface area contributed by atoms with E-state index in [1.54, 1.807) is 0 Å². The van der Waals surface area contributed by atoms with E-state index < -0.39 is 0 Å². The molecule has 4 rings (SSSR count). The largest absolute Gasteiger partial charge is 0.320 e. The van der Waals surface area contributed by atoms with Gasteiger partial charge in [0.05, 0.1) is 0 Å². The summed E-state index contributed by atoms with van der Waals surface area (Å²) in [6.45, 7) is 2.14. The maximum absolute atomic E-state index is 2.37. The van der Waals surface area contributed by atoms with Gasteiger partial charge < -0.3 is 4.40 Å². The summed E-state index contributed by atoms with van der Waals surface area (Å²) < 4.78 is 2.33. The minimum atomic E-state index is 0.957. The lowest BCUT2D eigenvalue weighted by molar-refractivity contribution is 1.01. The zero-order valence-electron chi connectivity index (χ0n) is 13.5. The molecule has 0 atom stereocenters. The summed E-state index contributed by atoms with van der Waals surface area (Å²) in [5.41, 5.74) is 8.05. The molecular formula is C22H21N. The van der Waals surface area contributed by atoms with E-state index in [2.05, 4.69) is 84.3 Å². The van der Waals surface area contributed by atoms with Gasteiger partial charge >= 0.3 is 0 Å². The molecule has 2 heterocycles. The van der Waals surface area contributed by atoms with Crippen LogP contribution in [0.1, 0.15) is 35.2 Å². The molecule has 0 aliphatic heterocycles. The molecule has 1 aromatic carbocycles. The van der Waals surface area contributed by atoms with Crippen molar-refractivity contribution in [1.82, 2.24) is 4.40 Å². The molecule has 1 heteroatoms. The van der Waals surface area contributed by atoms with Crippen LogP contribution in [-0.4, -0.2) is 4.40 Å². The van der Waals surface area contributed by atoms with Gasteiger partial charge in [-0.1, -0.05) is 54.1 Å². The number of fused-ring (bicyclic) bond motifs is 1. The van der Waals surface area contributed by atoms with Gasteiger partial charge in [0.2, 0.25) is 0 Å². The van der Waals surface area contributed by atoms with Gasteiger partial charge in [0.25, 0.3) is 0 Å². The molecule has 1 nitrogen and oxygen atoms in total. The first-order valence-corrected chi connectivity index (χ1v) is 8.33. The molecule has 0 radical (unpaired) electrons. The van der Waals surface area contributed by atoms with Gasteiger partial charge in [-0.25, -0.2) is 0 Å². The van der Waals surface area contributed by atoms with E-state index in [1.807, 2.05) is 0 Å². The summed E-state index contributed by atoms with van der Waals surface area (Å²) in [6, 6.07) is 17.6. The van der Waals surface area contributed by atoms with Gasteiger partial charge in [0, 0.05) is 29.4 Å². The first-order chi connectivity index (χ1) is 11.3. The molecule has 3 aromatic rings. The Morgan fingerprint density at radius 1 is 1.00 bits per heavy atom. The van der Waals surface area contributed by atoms with Crippen LogP contribution in [0.3, 0.4) is 0 Å². The highest BCUT2D eigenvalue weighted by Crippen LogP contribution is 2.29. The standard InChI is InChI=1S/C22H21N/c1-17-10-12-18(13-11-17)15-22-21(19-7-3-2-4-8-19)16-20-9-5-6-14-23(20)22/h3,5-14,16H,2,4,15H2,1H3. The molecule has 0 amide bonds. The normalized spacial score (nSPS) is 14.2. The van der Waals surface area contributed by atoms with Crippen molar-refractivity contribution in [2.75, 3.05) is 0 Å². The molecule has 0 N–H and O–H groups in total. The van der Waals surface area contributed by atoms with Crippen molar-refractivity contribution in [2.24, 2.45) is 0 Å². The van der Waals surface area contributed by atoms with Crippen LogP contribution in [0.15, 0.2) is 73.0 Å². The Bertz CT molecular complexity index is 891. The highest BCUT2D eigenvalue weighted by molar-refractivity contribution is 5.80. The average Bonchev–Trinajstić information content (AvgIpc) is 2.96. The van der Waals surface area contributed by atoms with Crippen molar-refractivity contribution in [3.8, 4) is 0 Å². The fourth-order valence-corrected chi connectivity index (χ4v) is 3.32. The predicted molar refractivity (Wildman–Crippen MR) is 97.7 cm³/mol. The number of benzene rings is 1. The molecule has 1 aliphatic carbocycles. The third-order valence-electron chi connectivity index (χ3n) is 4.58. The van der Waals surface area contributed by atoms with E-state index in [-0.39, 0.29) is 0 Å². The Morgan fingerprint density at radius 2 is 1.87 bits per heavy atom. The van der Waals surface area contributed by atoms with E-state index in [0.29, 0.717) is 0 Å². The fraction of sp³-hybridized carbons (Fsp3) is 0.182. The Labute approximate surface area is 137 Å². The maximum atomic E-state index is 2.37. The van der Waals surface area contributed by atoms with Crippen LogP contribution in [-0.2, 0) is 6.42 Å². The van der Waals surface area contributed by atoms with E-state index in [4.69, 9.17) is 0 Å². The van der Waals surface area contributed by atoms with E-state index in [9.17, 15) is 0 Å². The highest BCUT2D eigenvalue weighted by Gasteiger charge is 2.13. The number of hydrogen-bond donors (Lipinski definition) is 0. The first kappa shape index (κ1) is 14.1. The summed E-state index contributed by atoms with van der Waals surface area (Å²) in [6.07, 6.45) is 12.4. The second-order valence-corrected chi connectivity index (χ2v) is 6.30. The molecule has 0 fully saturated rings. The molecule has 1 aliphatic rings. The number of pyridine rings is 1. The van der Waals surface area contributed by atoms with Crippen molar-refractivity contribution < 1.29 is 0 Å². The van der Waals surface area contributed by atoms with Gasteiger partial charge in [-0.15, -0.1) is 0 Å². The Morgan fingerprint density at radius 3 is 2.65 bits per heavy atom. The van der Waals surface area contributed by atoms with Crippen LogP contribution in [0.2, 0.25) is 0 Å². The van der Waals surface area contributed by atoms with Gasteiger partial charge in [-0.3, -0.25) is 0 Å². The Hall–Kier alpha value is -2.54. The lowest BCUT2D eigenvalue weighted by Gasteiger charge is -2.10. The van der Waals surface area contributed by atoms with Gasteiger partial charge in [0.15, 0.2) is 0 Å². The Kier molecular flexibility index (Phi) is 3.63. The minimum absolute atomic E-state index is 0.957. The van der Waals surface area contributed by atoms with Gasteiger partial charge in [-0.2, -0.15) is 0 Å². The topological polar surface area (TPSA) is 4.41 Å². The van der Waals surface area contributed by atoms with Crippen LogP contribution in [0.4, 0.5) is 0 Å². The number of aryl methyl sites for hydroxylation is 1. The van der Waals surface area contributed by atoms with Crippen LogP contribution < -0.4 is 0 Å². The highest BCUT2D eigenvalue weighted by atomic mass is 14.9. The van der Waals surface area contributed by atoms with E-state index in [0.717, 1.165) is 19.3 Å². The SMILES string of the molecule is Cc1ccc(Cc2c(C3=CCCC=C3)cc3ccccn23)cc1. The van der Waals surface area contributed by atoms with E-state index in [1.165, 1.54) is 33.5 Å². The minimum Gasteiger partial charge on any atom is -0.320 e. The third kappa shape index (κ3) is 2.75. The molecule has 0 bridgehead atoms. The van der Waals surface area contributed by atoms with Crippen LogP contribution >= 0.6 is 0 Å². The number of hydrogen-bond acceptors (Lipinski definition) is 0. The molecule has 0 unspecified atom stereocenters. The summed E-state index contributed by atoms with van der Waals surface area (Å²) >= 11 is 0. The lowest BCUT2D eigenvalue weighted by Crippen LogP contribution is -1.98. The predicted octanol–water partition coefficient (Wildman–Crippen LogP) is 5.57. The zero-order chi connectivity index (χ0) is 15.6. The number of rotatable bonds is 3. The van der Waals surface area contributed by atoms with Gasteiger partial charge in [0.1, 0.15) is 0 Å². The van der Waals surface area contributed by atoms with Gasteiger partial charge in [-0.05, 0) is 49.1 Å². The second kappa shape index (κ2) is 5.92. The summed E-state index contributed by atoms with van der Waals surface area (Å²) in [4.78, 5) is 0. The summed E-state index contributed by atoms with van der Waals surface area (Å²) in [5, 5.41) is 0. The van der Waals surface area contributed by atoms with E-state index >= 15 is 0 Å². The van der Waals surface area contributed by atoms with Crippen molar-refractivity contribution in [2.45, 2.75) is 26.2 Å². The Balaban J connectivity index is 1.84. The van der Waals surface area contributed by atoms with Crippen molar-refractivity contribution in [1.29, 1.82) is 0 Å². The van der Waals surface area contributed by atoms with Crippen LogP contribution in [0, 0.1) is 6.92 Å². The molecule has 23 heavy (non-hydrogen) atoms. The van der Waals surface area contributed by atoms with Crippen molar-refractivity contribution in [3.63, 3.8) is 0 Å². The van der Waals surface area contributed by atoms with Crippen LogP contribution in [0.25, 0.3) is 11.1 Å². The van der Waals surface area contributed by atoms with Crippen molar-refractivity contribution >= 4 is 11.1 Å². The zero-order valence-corrected chi connectivity index (χ0v) is 13.5. The third-order valence-corrected chi connectivity index (χ3v) is 4.58. The molecular weight excluding hydrogens is 278 g/mol.